The maximum absolute atomic E-state index is 12.3. The summed E-state index contributed by atoms with van der Waals surface area (Å²) in [6, 6.07) is 16.5. The van der Waals surface area contributed by atoms with Gasteiger partial charge in [0.25, 0.3) is 0 Å². The molecule has 0 aliphatic rings. The van der Waals surface area contributed by atoms with E-state index in [9.17, 15) is 4.79 Å². The lowest BCUT2D eigenvalue weighted by Crippen LogP contribution is -2.22. The minimum atomic E-state index is -0.127. The first-order chi connectivity index (χ1) is 11.1. The van der Waals surface area contributed by atoms with Crippen LogP contribution >= 0.6 is 11.8 Å². The Balaban J connectivity index is 1.88. The van der Waals surface area contributed by atoms with Crippen LogP contribution in [-0.4, -0.2) is 11.2 Å². The minimum absolute atomic E-state index is 0.0388. The van der Waals surface area contributed by atoms with Crippen LogP contribution in [0.1, 0.15) is 37.8 Å². The molecule has 0 saturated heterocycles. The van der Waals surface area contributed by atoms with Crippen molar-refractivity contribution in [2.75, 3.05) is 5.32 Å². The largest absolute Gasteiger partial charge is 0.325 e. The zero-order chi connectivity index (χ0) is 16.7. The fraction of sp³-hybridized carbons (Fsp3) is 0.350. The number of hydrogen-bond donors (Lipinski definition) is 1. The van der Waals surface area contributed by atoms with E-state index in [4.69, 9.17) is 0 Å². The van der Waals surface area contributed by atoms with Crippen molar-refractivity contribution in [1.29, 1.82) is 0 Å². The summed E-state index contributed by atoms with van der Waals surface area (Å²) < 4.78 is 0. The molecule has 23 heavy (non-hydrogen) atoms. The highest BCUT2D eigenvalue weighted by atomic mass is 32.2. The smallest absolute Gasteiger partial charge is 0.237 e. The molecule has 2 aromatic rings. The molecule has 0 aliphatic carbocycles. The fourth-order valence-electron chi connectivity index (χ4n) is 2.25. The van der Waals surface area contributed by atoms with Gasteiger partial charge >= 0.3 is 0 Å². The van der Waals surface area contributed by atoms with Crippen molar-refractivity contribution in [3.8, 4) is 0 Å². The van der Waals surface area contributed by atoms with Gasteiger partial charge in [-0.3, -0.25) is 4.79 Å². The predicted octanol–water partition coefficient (Wildman–Crippen LogP) is 5.46. The van der Waals surface area contributed by atoms with Gasteiger partial charge in [0.05, 0.1) is 5.25 Å². The average Bonchev–Trinajstić information content (AvgIpc) is 2.56. The van der Waals surface area contributed by atoms with Gasteiger partial charge in [-0.15, -0.1) is 11.8 Å². The van der Waals surface area contributed by atoms with Crippen molar-refractivity contribution in [3.05, 3.63) is 59.7 Å². The molecular weight excluding hydrogens is 302 g/mol. The Labute approximate surface area is 143 Å². The van der Waals surface area contributed by atoms with Crippen molar-refractivity contribution in [3.63, 3.8) is 0 Å². The van der Waals surface area contributed by atoms with Gasteiger partial charge < -0.3 is 5.32 Å². The van der Waals surface area contributed by atoms with E-state index in [-0.39, 0.29) is 11.2 Å². The number of thioether (sulfide) groups is 1. The van der Waals surface area contributed by atoms with Gasteiger partial charge in [0.15, 0.2) is 0 Å². The van der Waals surface area contributed by atoms with Crippen molar-refractivity contribution >= 4 is 23.4 Å². The number of amides is 1. The molecule has 0 aliphatic heterocycles. The first-order valence-electron chi connectivity index (χ1n) is 8.21. The molecule has 0 unspecified atom stereocenters. The fourth-order valence-corrected chi connectivity index (χ4v) is 3.12. The second-order valence-electron chi connectivity index (χ2n) is 5.86. The van der Waals surface area contributed by atoms with Crippen molar-refractivity contribution in [1.82, 2.24) is 0 Å². The lowest BCUT2D eigenvalue weighted by Gasteiger charge is -2.12. The van der Waals surface area contributed by atoms with E-state index in [1.54, 1.807) is 11.8 Å². The van der Waals surface area contributed by atoms with Gasteiger partial charge in [0.2, 0.25) is 5.91 Å². The Bertz CT molecular complexity index is 619. The maximum atomic E-state index is 12.3. The van der Waals surface area contributed by atoms with E-state index in [1.165, 1.54) is 24.0 Å². The van der Waals surface area contributed by atoms with Gasteiger partial charge in [-0.2, -0.15) is 0 Å². The molecule has 2 aromatic carbocycles. The highest BCUT2D eigenvalue weighted by Crippen LogP contribution is 2.24. The quantitative estimate of drug-likeness (QED) is 0.684. The van der Waals surface area contributed by atoms with Crippen LogP contribution in [0.25, 0.3) is 0 Å². The summed E-state index contributed by atoms with van der Waals surface area (Å²) in [6.45, 7) is 6.20. The number of carbonyl (C=O) groups is 1. The lowest BCUT2D eigenvalue weighted by molar-refractivity contribution is -0.115. The number of hydrogen-bond acceptors (Lipinski definition) is 2. The molecule has 0 bridgehead atoms. The van der Waals surface area contributed by atoms with Crippen molar-refractivity contribution in [2.24, 2.45) is 0 Å². The van der Waals surface area contributed by atoms with Crippen molar-refractivity contribution in [2.45, 2.75) is 50.2 Å². The van der Waals surface area contributed by atoms with Crippen LogP contribution in [0.3, 0.4) is 0 Å². The summed E-state index contributed by atoms with van der Waals surface area (Å²) in [5.41, 5.74) is 3.42. The minimum Gasteiger partial charge on any atom is -0.325 e. The summed E-state index contributed by atoms with van der Waals surface area (Å²) in [6.07, 6.45) is 3.51. The number of nitrogens with one attached hydrogen (secondary N) is 1. The highest BCUT2D eigenvalue weighted by Gasteiger charge is 2.14. The zero-order valence-corrected chi connectivity index (χ0v) is 15.0. The number of anilines is 1. The van der Waals surface area contributed by atoms with E-state index in [2.05, 4.69) is 55.6 Å². The van der Waals surface area contributed by atoms with Crippen LogP contribution in [0.15, 0.2) is 53.4 Å². The number of aryl methyl sites for hydroxylation is 2. The summed E-state index contributed by atoms with van der Waals surface area (Å²) in [4.78, 5) is 13.4. The van der Waals surface area contributed by atoms with Gasteiger partial charge in [0, 0.05) is 10.6 Å². The zero-order valence-electron chi connectivity index (χ0n) is 14.1. The van der Waals surface area contributed by atoms with Crippen LogP contribution in [0.4, 0.5) is 5.69 Å². The molecule has 3 heteroatoms. The second kappa shape index (κ2) is 8.78. The molecule has 2 nitrogen and oxygen atoms in total. The SMILES string of the molecule is CCCCc1ccc(NC(=O)[C@@H](C)Sc2ccc(C)cc2)cc1. The van der Waals surface area contributed by atoms with Crippen LogP contribution in [0.5, 0.6) is 0 Å². The lowest BCUT2D eigenvalue weighted by atomic mass is 10.1. The second-order valence-corrected chi connectivity index (χ2v) is 7.28. The Morgan fingerprint density at radius 3 is 2.35 bits per heavy atom. The summed E-state index contributed by atoms with van der Waals surface area (Å²) in [5.74, 6) is 0.0388. The average molecular weight is 327 g/mol. The molecular formula is C20H25NOS. The Hall–Kier alpha value is -1.74. The molecule has 2 rings (SSSR count). The molecule has 122 valence electrons. The third-order valence-electron chi connectivity index (χ3n) is 3.74. The number of unbranched alkanes of at least 4 members (excludes halogenated alkanes) is 1. The molecule has 0 aromatic heterocycles. The van der Waals surface area contributed by atoms with Gasteiger partial charge in [0.1, 0.15) is 0 Å². The normalized spacial score (nSPS) is 12.0. The molecule has 1 amide bonds. The van der Waals surface area contributed by atoms with E-state index >= 15 is 0 Å². The van der Waals surface area contributed by atoms with Crippen LogP contribution in [-0.2, 0) is 11.2 Å². The molecule has 0 heterocycles. The Kier molecular flexibility index (Phi) is 6.72. The van der Waals surface area contributed by atoms with Gasteiger partial charge in [-0.25, -0.2) is 0 Å². The van der Waals surface area contributed by atoms with Crippen LogP contribution < -0.4 is 5.32 Å². The van der Waals surface area contributed by atoms with Crippen molar-refractivity contribution < 1.29 is 4.79 Å². The Morgan fingerprint density at radius 1 is 1.09 bits per heavy atom. The monoisotopic (exact) mass is 327 g/mol. The molecule has 1 N–H and O–H groups in total. The number of carbonyl (C=O) groups excluding carboxylic acids is 1. The van der Waals surface area contributed by atoms with E-state index < -0.39 is 0 Å². The maximum Gasteiger partial charge on any atom is 0.237 e. The first kappa shape index (κ1) is 17.6. The molecule has 0 saturated carbocycles. The van der Waals surface area contributed by atoms with Crippen LogP contribution in [0.2, 0.25) is 0 Å². The molecule has 0 fully saturated rings. The molecule has 1 atom stereocenters. The third-order valence-corrected chi connectivity index (χ3v) is 4.86. The summed E-state index contributed by atoms with van der Waals surface area (Å²) in [5, 5.41) is 2.87. The molecule has 0 radical (unpaired) electrons. The first-order valence-corrected chi connectivity index (χ1v) is 9.09. The van der Waals surface area contributed by atoms with E-state index in [0.29, 0.717) is 0 Å². The number of rotatable bonds is 7. The van der Waals surface area contributed by atoms with Crippen LogP contribution in [0, 0.1) is 6.92 Å². The van der Waals surface area contributed by atoms with E-state index in [0.717, 1.165) is 17.0 Å². The summed E-state index contributed by atoms with van der Waals surface area (Å²) >= 11 is 1.58. The highest BCUT2D eigenvalue weighted by molar-refractivity contribution is 8.00. The van der Waals surface area contributed by atoms with Gasteiger partial charge in [-0.1, -0.05) is 43.2 Å². The van der Waals surface area contributed by atoms with E-state index in [1.807, 2.05) is 19.1 Å². The van der Waals surface area contributed by atoms with Gasteiger partial charge in [-0.05, 0) is 56.5 Å². The topological polar surface area (TPSA) is 29.1 Å². The number of benzene rings is 2. The molecule has 0 spiro atoms. The standard InChI is InChI=1S/C20H25NOS/c1-4-5-6-17-9-11-18(12-10-17)21-20(22)16(3)23-19-13-7-15(2)8-14-19/h7-14,16H,4-6H2,1-3H3,(H,21,22)/t16-/m1/s1. The summed E-state index contributed by atoms with van der Waals surface area (Å²) in [7, 11) is 0. The third kappa shape index (κ3) is 5.76. The predicted molar refractivity (Wildman–Crippen MR) is 100 cm³/mol. The Morgan fingerprint density at radius 2 is 1.74 bits per heavy atom.